The van der Waals surface area contributed by atoms with Crippen molar-refractivity contribution in [3.05, 3.63) is 97.0 Å². The van der Waals surface area contributed by atoms with Crippen molar-refractivity contribution in [2.24, 2.45) is 5.10 Å². The van der Waals surface area contributed by atoms with E-state index in [1.807, 2.05) is 32.0 Å². The van der Waals surface area contributed by atoms with Gasteiger partial charge in [0.05, 0.1) is 40.4 Å². The van der Waals surface area contributed by atoms with Crippen LogP contribution in [0.15, 0.2) is 69.0 Å². The van der Waals surface area contributed by atoms with Gasteiger partial charge >= 0.3 is 0 Å². The van der Waals surface area contributed by atoms with Crippen molar-refractivity contribution in [2.75, 3.05) is 6.61 Å². The molecular formula is C27H22BrClN4O3. The number of nitriles is 1. The van der Waals surface area contributed by atoms with Crippen LogP contribution in [-0.2, 0) is 13.0 Å². The van der Waals surface area contributed by atoms with Crippen molar-refractivity contribution in [3.8, 4) is 17.6 Å². The number of halogens is 2. The second-order valence-corrected chi connectivity index (χ2v) is 9.05. The third-order valence-corrected chi connectivity index (χ3v) is 6.13. The summed E-state index contributed by atoms with van der Waals surface area (Å²) in [4.78, 5) is 17.7. The smallest absolute Gasteiger partial charge is 0.282 e. The standard InChI is InChI=1S/C27H22BrClN4O3/c1-3-25-32-23-10-9-20(28)13-21(23)27(34)33(25)31-15-17-11-22(29)26(24(12-17)35-4-2)36-16-19-8-6-5-7-18(19)14-30/h5-13,15H,3-4,16H2,1-2H3. The number of benzene rings is 3. The van der Waals surface area contributed by atoms with Gasteiger partial charge in [-0.25, -0.2) is 4.98 Å². The van der Waals surface area contributed by atoms with Gasteiger partial charge in [-0.15, -0.1) is 0 Å². The zero-order valence-electron chi connectivity index (χ0n) is 19.7. The van der Waals surface area contributed by atoms with E-state index in [0.717, 1.165) is 10.0 Å². The fourth-order valence-corrected chi connectivity index (χ4v) is 4.27. The summed E-state index contributed by atoms with van der Waals surface area (Å²) >= 11 is 9.96. The summed E-state index contributed by atoms with van der Waals surface area (Å²) in [6.07, 6.45) is 2.07. The van der Waals surface area contributed by atoms with Gasteiger partial charge in [0.1, 0.15) is 12.4 Å². The summed E-state index contributed by atoms with van der Waals surface area (Å²) in [5, 5.41) is 14.5. The van der Waals surface area contributed by atoms with E-state index in [1.165, 1.54) is 10.9 Å². The molecule has 0 atom stereocenters. The lowest BCUT2D eigenvalue weighted by molar-refractivity contribution is 0.269. The zero-order chi connectivity index (χ0) is 25.7. The fourth-order valence-electron chi connectivity index (χ4n) is 3.64. The number of aryl methyl sites for hydroxylation is 1. The number of hydrogen-bond donors (Lipinski definition) is 0. The highest BCUT2D eigenvalue weighted by Crippen LogP contribution is 2.37. The van der Waals surface area contributed by atoms with Gasteiger partial charge in [-0.2, -0.15) is 15.0 Å². The van der Waals surface area contributed by atoms with Crippen LogP contribution in [0.3, 0.4) is 0 Å². The average molecular weight is 566 g/mol. The largest absolute Gasteiger partial charge is 0.490 e. The number of aromatic nitrogens is 2. The molecule has 0 saturated heterocycles. The van der Waals surface area contributed by atoms with E-state index in [9.17, 15) is 10.1 Å². The third-order valence-electron chi connectivity index (χ3n) is 5.36. The Morgan fingerprint density at radius 3 is 2.72 bits per heavy atom. The van der Waals surface area contributed by atoms with Crippen molar-refractivity contribution < 1.29 is 9.47 Å². The SMILES string of the molecule is CCOc1cc(C=Nn2c(CC)nc3ccc(Br)cc3c2=O)cc(Cl)c1OCc1ccccc1C#N. The maximum atomic E-state index is 13.1. The highest BCUT2D eigenvalue weighted by Gasteiger charge is 2.14. The summed E-state index contributed by atoms with van der Waals surface area (Å²) in [6.45, 7) is 4.32. The van der Waals surface area contributed by atoms with E-state index in [-0.39, 0.29) is 12.2 Å². The molecule has 4 aromatic rings. The molecule has 0 saturated carbocycles. The molecule has 3 aromatic carbocycles. The second-order valence-electron chi connectivity index (χ2n) is 7.73. The number of fused-ring (bicyclic) bond motifs is 1. The molecule has 4 rings (SSSR count). The Bertz CT molecular complexity index is 1560. The number of nitrogens with zero attached hydrogens (tertiary/aromatic N) is 4. The minimum Gasteiger partial charge on any atom is -0.490 e. The highest BCUT2D eigenvalue weighted by molar-refractivity contribution is 9.10. The Morgan fingerprint density at radius 1 is 1.17 bits per heavy atom. The van der Waals surface area contributed by atoms with Crippen molar-refractivity contribution >= 4 is 44.6 Å². The molecule has 0 bridgehead atoms. The van der Waals surface area contributed by atoms with Crippen LogP contribution in [0.25, 0.3) is 10.9 Å². The number of rotatable bonds is 8. The number of hydrogen-bond acceptors (Lipinski definition) is 6. The maximum Gasteiger partial charge on any atom is 0.282 e. The molecule has 1 aromatic heterocycles. The predicted molar refractivity (Wildman–Crippen MR) is 144 cm³/mol. The van der Waals surface area contributed by atoms with Crippen LogP contribution in [0.1, 0.15) is 36.4 Å². The molecule has 7 nitrogen and oxygen atoms in total. The van der Waals surface area contributed by atoms with Gasteiger partial charge < -0.3 is 9.47 Å². The zero-order valence-corrected chi connectivity index (χ0v) is 22.0. The molecule has 0 aliphatic heterocycles. The van der Waals surface area contributed by atoms with Gasteiger partial charge in [-0.1, -0.05) is 52.7 Å². The first-order valence-electron chi connectivity index (χ1n) is 11.3. The molecule has 0 aliphatic carbocycles. The van der Waals surface area contributed by atoms with E-state index in [1.54, 1.807) is 36.4 Å². The molecule has 0 N–H and O–H groups in total. The van der Waals surface area contributed by atoms with Crippen LogP contribution in [0, 0.1) is 11.3 Å². The van der Waals surface area contributed by atoms with Crippen molar-refractivity contribution in [3.63, 3.8) is 0 Å². The summed E-state index contributed by atoms with van der Waals surface area (Å²) in [5.41, 5.74) is 2.25. The highest BCUT2D eigenvalue weighted by atomic mass is 79.9. The van der Waals surface area contributed by atoms with Gasteiger partial charge in [-0.3, -0.25) is 4.79 Å². The topological polar surface area (TPSA) is 89.5 Å². The quantitative estimate of drug-likeness (QED) is 0.241. The molecule has 0 aliphatic rings. The Labute approximate surface area is 221 Å². The summed E-state index contributed by atoms with van der Waals surface area (Å²) in [5.74, 6) is 1.34. The Hall–Kier alpha value is -3.67. The van der Waals surface area contributed by atoms with Gasteiger partial charge in [0.2, 0.25) is 0 Å². The van der Waals surface area contributed by atoms with E-state index in [0.29, 0.717) is 57.4 Å². The van der Waals surface area contributed by atoms with Gasteiger partial charge in [-0.05, 0) is 48.9 Å². The lowest BCUT2D eigenvalue weighted by Gasteiger charge is -2.15. The van der Waals surface area contributed by atoms with Crippen LogP contribution in [-0.4, -0.2) is 22.5 Å². The molecular weight excluding hydrogens is 544 g/mol. The van der Waals surface area contributed by atoms with Gasteiger partial charge in [0.15, 0.2) is 11.5 Å². The first kappa shape index (κ1) is 25.4. The lowest BCUT2D eigenvalue weighted by Crippen LogP contribution is -2.22. The Kier molecular flexibility index (Phi) is 8.04. The first-order valence-corrected chi connectivity index (χ1v) is 12.4. The Morgan fingerprint density at radius 2 is 1.97 bits per heavy atom. The van der Waals surface area contributed by atoms with Crippen LogP contribution in [0.5, 0.6) is 11.5 Å². The van der Waals surface area contributed by atoms with Crippen LogP contribution < -0.4 is 15.0 Å². The van der Waals surface area contributed by atoms with Gasteiger partial charge in [0, 0.05) is 16.5 Å². The molecule has 0 unspecified atom stereocenters. The molecule has 1 heterocycles. The predicted octanol–water partition coefficient (Wildman–Crippen LogP) is 6.11. The number of ether oxygens (including phenoxy) is 2. The van der Waals surface area contributed by atoms with Crippen molar-refractivity contribution in [1.82, 2.24) is 9.66 Å². The molecule has 0 amide bonds. The molecule has 9 heteroatoms. The third kappa shape index (κ3) is 5.43. The van der Waals surface area contributed by atoms with E-state index < -0.39 is 0 Å². The molecule has 36 heavy (non-hydrogen) atoms. The first-order chi connectivity index (χ1) is 17.4. The van der Waals surface area contributed by atoms with E-state index >= 15 is 0 Å². The van der Waals surface area contributed by atoms with E-state index in [2.05, 4.69) is 32.1 Å². The second kappa shape index (κ2) is 11.4. The summed E-state index contributed by atoms with van der Waals surface area (Å²) < 4.78 is 13.8. The van der Waals surface area contributed by atoms with Crippen molar-refractivity contribution in [1.29, 1.82) is 5.26 Å². The molecule has 0 spiro atoms. The lowest BCUT2D eigenvalue weighted by atomic mass is 10.1. The molecule has 0 fully saturated rings. The van der Waals surface area contributed by atoms with E-state index in [4.69, 9.17) is 21.1 Å². The fraction of sp³-hybridized carbons (Fsp3) is 0.185. The summed E-state index contributed by atoms with van der Waals surface area (Å²) in [6, 6.07) is 18.2. The average Bonchev–Trinajstić information content (AvgIpc) is 2.88. The maximum absolute atomic E-state index is 13.1. The Balaban J connectivity index is 1.69. The normalized spacial score (nSPS) is 11.1. The van der Waals surface area contributed by atoms with Crippen LogP contribution in [0.2, 0.25) is 5.02 Å². The van der Waals surface area contributed by atoms with Crippen LogP contribution in [0.4, 0.5) is 0 Å². The van der Waals surface area contributed by atoms with Crippen molar-refractivity contribution in [2.45, 2.75) is 26.9 Å². The monoisotopic (exact) mass is 564 g/mol. The minimum absolute atomic E-state index is 0.157. The summed E-state index contributed by atoms with van der Waals surface area (Å²) in [7, 11) is 0. The van der Waals surface area contributed by atoms with Crippen LogP contribution >= 0.6 is 27.5 Å². The molecule has 182 valence electrons. The minimum atomic E-state index is -0.262. The van der Waals surface area contributed by atoms with Gasteiger partial charge in [0.25, 0.3) is 5.56 Å². The molecule has 0 radical (unpaired) electrons.